The zero-order valence-electron chi connectivity index (χ0n) is 10.4. The first-order valence-electron chi connectivity index (χ1n) is 5.80. The van der Waals surface area contributed by atoms with Gasteiger partial charge in [-0.15, -0.1) is 11.3 Å². The van der Waals surface area contributed by atoms with Crippen molar-refractivity contribution in [2.75, 3.05) is 6.61 Å². The molecular weight excluding hydrogens is 330 g/mol. The quantitative estimate of drug-likeness (QED) is 0.877. The summed E-state index contributed by atoms with van der Waals surface area (Å²) in [7, 11) is 0. The highest BCUT2D eigenvalue weighted by molar-refractivity contribution is 9.10. The number of nitrogens with one attached hydrogen (secondary N) is 1. The van der Waals surface area contributed by atoms with E-state index in [1.165, 1.54) is 0 Å². The van der Waals surface area contributed by atoms with Crippen molar-refractivity contribution in [1.82, 2.24) is 5.32 Å². The molecule has 2 aromatic heterocycles. The van der Waals surface area contributed by atoms with Crippen molar-refractivity contribution in [3.8, 4) is 0 Å². The Morgan fingerprint density at radius 1 is 1.63 bits per heavy atom. The van der Waals surface area contributed by atoms with Gasteiger partial charge in [0.2, 0.25) is 0 Å². The second-order valence-electron chi connectivity index (χ2n) is 4.20. The molecule has 0 fully saturated rings. The number of rotatable bonds is 5. The van der Waals surface area contributed by atoms with E-state index in [0.29, 0.717) is 11.1 Å². The Morgan fingerprint density at radius 3 is 2.95 bits per heavy atom. The topological polar surface area (TPSA) is 62.5 Å². The van der Waals surface area contributed by atoms with E-state index in [1.54, 1.807) is 17.4 Å². The lowest BCUT2D eigenvalue weighted by Crippen LogP contribution is -2.38. The Hall–Kier alpha value is -1.11. The van der Waals surface area contributed by atoms with E-state index in [1.807, 2.05) is 24.4 Å². The summed E-state index contributed by atoms with van der Waals surface area (Å²) in [6.07, 6.45) is 0.612. The Morgan fingerprint density at radius 2 is 2.42 bits per heavy atom. The summed E-state index contributed by atoms with van der Waals surface area (Å²) in [4.78, 5) is 13.1. The maximum atomic E-state index is 12.0. The third-order valence-corrected chi connectivity index (χ3v) is 4.35. The number of aliphatic hydroxyl groups is 1. The van der Waals surface area contributed by atoms with E-state index < -0.39 is 0 Å². The fraction of sp³-hybridized carbons (Fsp3) is 0.308. The number of aliphatic hydroxyl groups excluding tert-OH is 1. The molecule has 1 amide bonds. The lowest BCUT2D eigenvalue weighted by molar-refractivity contribution is 0.0887. The minimum Gasteiger partial charge on any atom is -0.444 e. The highest BCUT2D eigenvalue weighted by atomic mass is 79.9. The molecule has 0 aromatic carbocycles. The van der Waals surface area contributed by atoms with Crippen molar-refractivity contribution in [2.24, 2.45) is 0 Å². The minimum atomic E-state index is -0.315. The van der Waals surface area contributed by atoms with E-state index in [0.717, 1.165) is 10.4 Å². The molecule has 0 aliphatic rings. The minimum absolute atomic E-state index is 0.107. The molecule has 102 valence electrons. The average Bonchev–Trinajstić information content (AvgIpc) is 2.99. The number of thiophene rings is 1. The predicted octanol–water partition coefficient (Wildman–Crippen LogP) is 2.75. The van der Waals surface area contributed by atoms with Crippen LogP contribution in [0.3, 0.4) is 0 Å². The molecule has 0 saturated carbocycles. The second kappa shape index (κ2) is 6.36. The number of hydrogen-bond donors (Lipinski definition) is 2. The predicted molar refractivity (Wildman–Crippen MR) is 77.5 cm³/mol. The van der Waals surface area contributed by atoms with Gasteiger partial charge in [-0.05, 0) is 40.4 Å². The third kappa shape index (κ3) is 3.68. The molecule has 0 aliphatic heterocycles. The zero-order valence-corrected chi connectivity index (χ0v) is 12.8. The van der Waals surface area contributed by atoms with E-state index in [4.69, 9.17) is 4.42 Å². The Kier molecular flexibility index (Phi) is 4.79. The van der Waals surface area contributed by atoms with Crippen molar-refractivity contribution < 1.29 is 14.3 Å². The van der Waals surface area contributed by atoms with Gasteiger partial charge in [-0.1, -0.05) is 6.07 Å². The Labute approximate surface area is 123 Å². The van der Waals surface area contributed by atoms with E-state index in [2.05, 4.69) is 21.2 Å². The third-order valence-electron chi connectivity index (χ3n) is 2.66. The van der Waals surface area contributed by atoms with Gasteiger partial charge >= 0.3 is 0 Å². The molecular formula is C13H14BrNO3S. The van der Waals surface area contributed by atoms with Crippen molar-refractivity contribution in [3.05, 3.63) is 44.4 Å². The first-order chi connectivity index (χ1) is 9.10. The first kappa shape index (κ1) is 14.3. The van der Waals surface area contributed by atoms with Crippen molar-refractivity contribution in [1.29, 1.82) is 0 Å². The number of aryl methyl sites for hydroxylation is 1. The van der Waals surface area contributed by atoms with Crippen LogP contribution < -0.4 is 5.32 Å². The number of carbonyl (C=O) groups is 1. The molecule has 19 heavy (non-hydrogen) atoms. The maximum absolute atomic E-state index is 12.0. The summed E-state index contributed by atoms with van der Waals surface area (Å²) in [6, 6.07) is 5.28. The molecule has 4 nitrogen and oxygen atoms in total. The monoisotopic (exact) mass is 343 g/mol. The number of amides is 1. The summed E-state index contributed by atoms with van der Waals surface area (Å²) in [5.74, 6) is -0.0709. The molecule has 6 heteroatoms. The van der Waals surface area contributed by atoms with E-state index in [-0.39, 0.29) is 24.3 Å². The summed E-state index contributed by atoms with van der Waals surface area (Å²) >= 11 is 4.82. The van der Waals surface area contributed by atoms with Gasteiger partial charge in [0, 0.05) is 16.9 Å². The summed E-state index contributed by atoms with van der Waals surface area (Å²) in [5, 5.41) is 14.1. The van der Waals surface area contributed by atoms with Gasteiger partial charge in [0.25, 0.3) is 5.91 Å². The molecule has 2 N–H and O–H groups in total. The molecule has 2 heterocycles. The van der Waals surface area contributed by atoms with Crippen LogP contribution in [0.1, 0.15) is 21.0 Å². The lowest BCUT2D eigenvalue weighted by Gasteiger charge is -2.14. The summed E-state index contributed by atoms with van der Waals surface area (Å²) in [5.41, 5.74) is 0.865. The molecule has 0 spiro atoms. The molecule has 0 radical (unpaired) electrons. The second-order valence-corrected chi connectivity index (χ2v) is 5.96. The number of carbonyl (C=O) groups excluding carboxylic acids is 1. The largest absolute Gasteiger partial charge is 0.444 e. The van der Waals surface area contributed by atoms with Crippen LogP contribution >= 0.6 is 27.3 Å². The van der Waals surface area contributed by atoms with Crippen LogP contribution in [0.5, 0.6) is 0 Å². The van der Waals surface area contributed by atoms with Gasteiger partial charge in [-0.25, -0.2) is 0 Å². The van der Waals surface area contributed by atoms with Crippen LogP contribution in [-0.2, 0) is 6.42 Å². The van der Waals surface area contributed by atoms with Crippen molar-refractivity contribution in [3.63, 3.8) is 0 Å². The van der Waals surface area contributed by atoms with E-state index in [9.17, 15) is 9.90 Å². The fourth-order valence-corrected chi connectivity index (χ4v) is 2.74. The Balaban J connectivity index is 1.99. The molecule has 0 saturated heterocycles. The van der Waals surface area contributed by atoms with Crippen LogP contribution in [0.2, 0.25) is 0 Å². The van der Waals surface area contributed by atoms with Gasteiger partial charge in [-0.3, -0.25) is 4.79 Å². The standard InChI is InChI=1S/C13H14BrNO3S/c1-8-5-11(18-12(8)14)13(17)15-9(7-16)6-10-3-2-4-19-10/h2-5,9,16H,6-7H2,1H3,(H,15,17). The molecule has 0 bridgehead atoms. The van der Waals surface area contributed by atoms with Crippen LogP contribution in [-0.4, -0.2) is 23.7 Å². The highest BCUT2D eigenvalue weighted by Gasteiger charge is 2.17. The van der Waals surface area contributed by atoms with Crippen LogP contribution in [0.25, 0.3) is 0 Å². The van der Waals surface area contributed by atoms with Gasteiger partial charge < -0.3 is 14.8 Å². The summed E-state index contributed by atoms with van der Waals surface area (Å²) in [6.45, 7) is 1.74. The summed E-state index contributed by atoms with van der Waals surface area (Å²) < 4.78 is 5.83. The first-order valence-corrected chi connectivity index (χ1v) is 7.47. The number of furan rings is 1. The van der Waals surface area contributed by atoms with E-state index >= 15 is 0 Å². The average molecular weight is 344 g/mol. The normalized spacial score (nSPS) is 12.4. The van der Waals surface area contributed by atoms with Crippen LogP contribution in [0.4, 0.5) is 0 Å². The van der Waals surface area contributed by atoms with Crippen molar-refractivity contribution >= 4 is 33.2 Å². The maximum Gasteiger partial charge on any atom is 0.287 e. The zero-order chi connectivity index (χ0) is 13.8. The van der Waals surface area contributed by atoms with Gasteiger partial charge in [0.05, 0.1) is 12.6 Å². The molecule has 1 unspecified atom stereocenters. The molecule has 2 aromatic rings. The highest BCUT2D eigenvalue weighted by Crippen LogP contribution is 2.20. The smallest absolute Gasteiger partial charge is 0.287 e. The SMILES string of the molecule is Cc1cc(C(=O)NC(CO)Cc2cccs2)oc1Br. The van der Waals surface area contributed by atoms with Gasteiger partial charge in [0.15, 0.2) is 10.4 Å². The van der Waals surface area contributed by atoms with Crippen LogP contribution in [0.15, 0.2) is 32.7 Å². The van der Waals surface area contributed by atoms with Crippen LogP contribution in [0, 0.1) is 6.92 Å². The molecule has 2 rings (SSSR count). The molecule has 1 atom stereocenters. The number of halogens is 1. The van der Waals surface area contributed by atoms with Crippen molar-refractivity contribution in [2.45, 2.75) is 19.4 Å². The van der Waals surface area contributed by atoms with Gasteiger partial charge in [0.1, 0.15) is 0 Å². The number of hydrogen-bond acceptors (Lipinski definition) is 4. The fourth-order valence-electron chi connectivity index (χ4n) is 1.66. The Bertz CT molecular complexity index is 531. The van der Waals surface area contributed by atoms with Gasteiger partial charge in [-0.2, -0.15) is 0 Å². The molecule has 0 aliphatic carbocycles. The lowest BCUT2D eigenvalue weighted by atomic mass is 10.2.